The lowest BCUT2D eigenvalue weighted by Gasteiger charge is -2.22. The summed E-state index contributed by atoms with van der Waals surface area (Å²) in [5.74, 6) is 0.832. The van der Waals surface area contributed by atoms with E-state index in [9.17, 15) is 4.79 Å². The average Bonchev–Trinajstić information content (AvgIpc) is 2.69. The van der Waals surface area contributed by atoms with Crippen molar-refractivity contribution in [1.82, 2.24) is 4.90 Å². The van der Waals surface area contributed by atoms with Crippen molar-refractivity contribution < 1.29 is 9.53 Å². The first kappa shape index (κ1) is 20.6. The summed E-state index contributed by atoms with van der Waals surface area (Å²) in [5, 5.41) is 3.04. The Labute approximate surface area is 173 Å². The van der Waals surface area contributed by atoms with Gasteiger partial charge in [0.2, 0.25) is 5.91 Å². The molecule has 4 nitrogen and oxygen atoms in total. The van der Waals surface area contributed by atoms with Crippen LogP contribution in [0.1, 0.15) is 22.3 Å². The van der Waals surface area contributed by atoms with Crippen LogP contribution in [0.3, 0.4) is 0 Å². The molecule has 0 bridgehead atoms. The maximum absolute atomic E-state index is 12.8. The first-order chi connectivity index (χ1) is 14.0. The van der Waals surface area contributed by atoms with E-state index in [1.807, 2.05) is 62.4 Å². The number of nitrogens with one attached hydrogen (secondary N) is 1. The molecule has 3 aromatic carbocycles. The molecule has 0 aliphatic rings. The third kappa shape index (κ3) is 5.93. The minimum atomic E-state index is -0.0270. The third-order valence-corrected chi connectivity index (χ3v) is 4.81. The Balaban J connectivity index is 1.71. The van der Waals surface area contributed by atoms with Gasteiger partial charge < -0.3 is 10.1 Å². The van der Waals surface area contributed by atoms with Crippen molar-refractivity contribution in [3.8, 4) is 5.75 Å². The number of ether oxygens (including phenoxy) is 1. The second kappa shape index (κ2) is 9.89. The molecule has 3 rings (SSSR count). The van der Waals surface area contributed by atoms with E-state index in [4.69, 9.17) is 4.74 Å². The molecular formula is C25H28N2O2. The third-order valence-electron chi connectivity index (χ3n) is 4.81. The van der Waals surface area contributed by atoms with Gasteiger partial charge >= 0.3 is 0 Å². The molecule has 0 spiro atoms. The summed E-state index contributed by atoms with van der Waals surface area (Å²) in [5.41, 5.74) is 5.19. The van der Waals surface area contributed by atoms with E-state index in [0.29, 0.717) is 19.6 Å². The summed E-state index contributed by atoms with van der Waals surface area (Å²) >= 11 is 0. The number of hydrogen-bond donors (Lipinski definition) is 1. The zero-order valence-electron chi connectivity index (χ0n) is 17.3. The molecule has 0 saturated carbocycles. The molecule has 29 heavy (non-hydrogen) atoms. The van der Waals surface area contributed by atoms with E-state index in [0.717, 1.165) is 22.6 Å². The Morgan fingerprint density at radius 1 is 0.862 bits per heavy atom. The second-order valence-corrected chi connectivity index (χ2v) is 7.31. The topological polar surface area (TPSA) is 41.6 Å². The molecule has 0 radical (unpaired) electrons. The van der Waals surface area contributed by atoms with Gasteiger partial charge in [-0.1, -0.05) is 60.7 Å². The molecule has 0 unspecified atom stereocenters. The monoisotopic (exact) mass is 388 g/mol. The van der Waals surface area contributed by atoms with Crippen LogP contribution in [0.25, 0.3) is 0 Å². The van der Waals surface area contributed by atoms with Crippen LogP contribution < -0.4 is 10.1 Å². The van der Waals surface area contributed by atoms with Gasteiger partial charge in [-0.3, -0.25) is 9.69 Å². The summed E-state index contributed by atoms with van der Waals surface area (Å²) in [7, 11) is 1.67. The Morgan fingerprint density at radius 3 is 1.79 bits per heavy atom. The van der Waals surface area contributed by atoms with Crippen molar-refractivity contribution >= 4 is 11.6 Å². The molecule has 3 aromatic rings. The fourth-order valence-corrected chi connectivity index (χ4v) is 3.60. The number of carbonyl (C=O) groups excluding carboxylic acids is 1. The van der Waals surface area contributed by atoms with Crippen LogP contribution in [0.2, 0.25) is 0 Å². The second-order valence-electron chi connectivity index (χ2n) is 7.31. The number of nitrogens with zero attached hydrogens (tertiary/aromatic N) is 1. The van der Waals surface area contributed by atoms with Crippen LogP contribution in [0.4, 0.5) is 5.69 Å². The highest BCUT2D eigenvalue weighted by atomic mass is 16.5. The molecule has 0 heterocycles. The van der Waals surface area contributed by atoms with Gasteiger partial charge in [0.25, 0.3) is 0 Å². The van der Waals surface area contributed by atoms with E-state index < -0.39 is 0 Å². The maximum atomic E-state index is 12.8. The van der Waals surface area contributed by atoms with E-state index in [-0.39, 0.29) is 5.91 Å². The van der Waals surface area contributed by atoms with E-state index in [1.54, 1.807) is 7.11 Å². The maximum Gasteiger partial charge on any atom is 0.238 e. The lowest BCUT2D eigenvalue weighted by Crippen LogP contribution is -2.32. The van der Waals surface area contributed by atoms with Gasteiger partial charge in [0.1, 0.15) is 5.75 Å². The summed E-state index contributed by atoms with van der Waals surface area (Å²) in [6, 6.07) is 24.4. The minimum absolute atomic E-state index is 0.0270. The molecule has 0 aliphatic heterocycles. The van der Waals surface area contributed by atoms with E-state index in [2.05, 4.69) is 34.5 Å². The normalized spacial score (nSPS) is 10.8. The Morgan fingerprint density at radius 2 is 1.34 bits per heavy atom. The first-order valence-electron chi connectivity index (χ1n) is 9.80. The summed E-state index contributed by atoms with van der Waals surface area (Å²) < 4.78 is 5.41. The van der Waals surface area contributed by atoms with Crippen molar-refractivity contribution in [2.45, 2.75) is 26.9 Å². The molecule has 0 aliphatic carbocycles. The molecular weight excluding hydrogens is 360 g/mol. The first-order valence-corrected chi connectivity index (χ1v) is 9.80. The van der Waals surface area contributed by atoms with Crippen molar-refractivity contribution in [3.05, 3.63) is 95.1 Å². The zero-order chi connectivity index (χ0) is 20.6. The molecule has 0 atom stereocenters. The number of rotatable bonds is 8. The van der Waals surface area contributed by atoms with Crippen molar-refractivity contribution in [2.24, 2.45) is 0 Å². The number of amides is 1. The van der Waals surface area contributed by atoms with Gasteiger partial charge in [0.05, 0.1) is 13.7 Å². The zero-order valence-corrected chi connectivity index (χ0v) is 17.3. The Kier molecular flexibility index (Phi) is 7.04. The molecule has 0 fully saturated rings. The van der Waals surface area contributed by atoms with Crippen LogP contribution in [-0.4, -0.2) is 24.5 Å². The van der Waals surface area contributed by atoms with E-state index in [1.165, 1.54) is 11.1 Å². The highest BCUT2D eigenvalue weighted by Crippen LogP contribution is 2.26. The van der Waals surface area contributed by atoms with Gasteiger partial charge in [0.15, 0.2) is 0 Å². The summed E-state index contributed by atoms with van der Waals surface area (Å²) in [6.45, 7) is 5.71. The number of benzene rings is 3. The Bertz CT molecular complexity index is 875. The lowest BCUT2D eigenvalue weighted by molar-refractivity contribution is -0.117. The minimum Gasteiger partial charge on any atom is -0.496 e. The SMILES string of the molecule is COc1c(C)cc(NC(=O)CN(Cc2ccccc2)Cc2ccccc2)cc1C. The molecule has 4 heteroatoms. The van der Waals surface area contributed by atoms with Crippen molar-refractivity contribution in [1.29, 1.82) is 0 Å². The van der Waals surface area contributed by atoms with Crippen LogP contribution in [0.15, 0.2) is 72.8 Å². The van der Waals surface area contributed by atoms with Crippen LogP contribution in [-0.2, 0) is 17.9 Å². The van der Waals surface area contributed by atoms with Crippen LogP contribution in [0, 0.1) is 13.8 Å². The van der Waals surface area contributed by atoms with Crippen molar-refractivity contribution in [2.75, 3.05) is 19.0 Å². The van der Waals surface area contributed by atoms with Crippen LogP contribution in [0.5, 0.6) is 5.75 Å². The fraction of sp³-hybridized carbons (Fsp3) is 0.240. The molecule has 150 valence electrons. The molecule has 1 N–H and O–H groups in total. The fourth-order valence-electron chi connectivity index (χ4n) is 3.60. The number of anilines is 1. The molecule has 1 amide bonds. The highest BCUT2D eigenvalue weighted by molar-refractivity contribution is 5.92. The summed E-state index contributed by atoms with van der Waals surface area (Å²) in [6.07, 6.45) is 0. The molecule has 0 aromatic heterocycles. The highest BCUT2D eigenvalue weighted by Gasteiger charge is 2.14. The quantitative estimate of drug-likeness (QED) is 0.593. The van der Waals surface area contributed by atoms with Crippen molar-refractivity contribution in [3.63, 3.8) is 0 Å². The van der Waals surface area contributed by atoms with Gasteiger partial charge in [-0.2, -0.15) is 0 Å². The number of methoxy groups -OCH3 is 1. The number of aryl methyl sites for hydroxylation is 2. The van der Waals surface area contributed by atoms with Gasteiger partial charge in [-0.05, 0) is 48.2 Å². The average molecular weight is 389 g/mol. The van der Waals surface area contributed by atoms with Gasteiger partial charge in [0, 0.05) is 18.8 Å². The standard InChI is InChI=1S/C25H28N2O2/c1-19-14-23(15-20(2)25(19)29-3)26-24(28)18-27(16-21-10-6-4-7-11-21)17-22-12-8-5-9-13-22/h4-15H,16-18H2,1-3H3,(H,26,28). The number of hydrogen-bond acceptors (Lipinski definition) is 3. The largest absolute Gasteiger partial charge is 0.496 e. The van der Waals surface area contributed by atoms with Gasteiger partial charge in [-0.15, -0.1) is 0 Å². The van der Waals surface area contributed by atoms with Crippen LogP contribution >= 0.6 is 0 Å². The molecule has 0 saturated heterocycles. The summed E-state index contributed by atoms with van der Waals surface area (Å²) in [4.78, 5) is 15.0. The lowest BCUT2D eigenvalue weighted by atomic mass is 10.1. The predicted molar refractivity (Wildman–Crippen MR) is 118 cm³/mol. The van der Waals surface area contributed by atoms with E-state index >= 15 is 0 Å². The van der Waals surface area contributed by atoms with Gasteiger partial charge in [-0.25, -0.2) is 0 Å². The number of carbonyl (C=O) groups is 1. The smallest absolute Gasteiger partial charge is 0.238 e. The predicted octanol–water partition coefficient (Wildman–Crippen LogP) is 4.95. The Hall–Kier alpha value is -3.11.